The lowest BCUT2D eigenvalue weighted by molar-refractivity contribution is 0.0693. The number of hydrogen-bond acceptors (Lipinski definition) is 4. The molecule has 3 rings (SSSR count). The van der Waals surface area contributed by atoms with Gasteiger partial charge in [-0.05, 0) is 36.9 Å². The van der Waals surface area contributed by atoms with Crippen molar-refractivity contribution in [3.63, 3.8) is 0 Å². The second-order valence-electron chi connectivity index (χ2n) is 6.79. The Balaban J connectivity index is 1.77. The number of hydrogen-bond donors (Lipinski definition) is 1. The van der Waals surface area contributed by atoms with Gasteiger partial charge >= 0.3 is 0 Å². The Bertz CT molecular complexity index is 891. The Kier molecular flexibility index (Phi) is 5.90. The molecule has 1 unspecified atom stereocenters. The first-order chi connectivity index (χ1) is 13.5. The molecule has 1 atom stereocenters. The molecule has 0 aliphatic carbocycles. The molecule has 3 amide bonds. The highest BCUT2D eigenvalue weighted by atomic mass is 16.2. The third-order valence-corrected chi connectivity index (χ3v) is 5.25. The first-order valence-corrected chi connectivity index (χ1v) is 9.51. The van der Waals surface area contributed by atoms with E-state index in [1.165, 1.54) is 13.1 Å². The van der Waals surface area contributed by atoms with Gasteiger partial charge in [0.1, 0.15) is 0 Å². The molecule has 1 aliphatic rings. The quantitative estimate of drug-likeness (QED) is 0.751. The summed E-state index contributed by atoms with van der Waals surface area (Å²) in [6.07, 6.45) is 0. The summed E-state index contributed by atoms with van der Waals surface area (Å²) in [4.78, 5) is 40.2. The zero-order chi connectivity index (χ0) is 20.3. The number of likely N-dealkylation sites (N-methyl/N-ethyl adjacent to an activating group) is 1. The number of nitrogens with zero attached hydrogens (tertiary/aromatic N) is 2. The van der Waals surface area contributed by atoms with Gasteiger partial charge in [0.15, 0.2) is 0 Å². The lowest BCUT2D eigenvalue weighted by Gasteiger charge is -2.30. The molecule has 0 saturated heterocycles. The van der Waals surface area contributed by atoms with Crippen molar-refractivity contribution in [2.45, 2.75) is 19.9 Å². The van der Waals surface area contributed by atoms with Gasteiger partial charge in [-0.3, -0.25) is 24.2 Å². The average molecular weight is 379 g/mol. The minimum absolute atomic E-state index is 0.0592. The van der Waals surface area contributed by atoms with Crippen LogP contribution in [0.5, 0.6) is 0 Å². The first-order valence-electron chi connectivity index (χ1n) is 9.51. The van der Waals surface area contributed by atoms with Crippen LogP contribution in [0.3, 0.4) is 0 Å². The fourth-order valence-electron chi connectivity index (χ4n) is 3.59. The van der Waals surface area contributed by atoms with Crippen LogP contribution in [0, 0.1) is 0 Å². The summed E-state index contributed by atoms with van der Waals surface area (Å²) >= 11 is 0. The van der Waals surface area contributed by atoms with Gasteiger partial charge in [-0.25, -0.2) is 0 Å². The first kappa shape index (κ1) is 19.8. The molecule has 2 aromatic rings. The number of nitrogens with one attached hydrogen (secondary N) is 1. The molecular weight excluding hydrogens is 354 g/mol. The van der Waals surface area contributed by atoms with E-state index in [0.717, 1.165) is 23.6 Å². The smallest absolute Gasteiger partial charge is 0.261 e. The van der Waals surface area contributed by atoms with Gasteiger partial charge < -0.3 is 5.32 Å². The number of carbonyl (C=O) groups is 3. The van der Waals surface area contributed by atoms with E-state index in [-0.39, 0.29) is 29.3 Å². The van der Waals surface area contributed by atoms with Gasteiger partial charge in [-0.1, -0.05) is 44.2 Å². The summed E-state index contributed by atoms with van der Waals surface area (Å²) in [5.41, 5.74) is 2.14. The van der Waals surface area contributed by atoms with Gasteiger partial charge in [0.05, 0.1) is 17.2 Å². The molecule has 0 aromatic heterocycles. The summed E-state index contributed by atoms with van der Waals surface area (Å²) in [5, 5.41) is 2.98. The van der Waals surface area contributed by atoms with Crippen molar-refractivity contribution in [1.29, 1.82) is 0 Å². The monoisotopic (exact) mass is 379 g/mol. The zero-order valence-corrected chi connectivity index (χ0v) is 16.4. The molecule has 0 spiro atoms. The number of fused-ring (bicyclic) bond motifs is 1. The molecule has 146 valence electrons. The number of carbonyl (C=O) groups excluding carboxylic acids is 3. The normalized spacial score (nSPS) is 14.4. The Morgan fingerprint density at radius 3 is 2.29 bits per heavy atom. The predicted octanol–water partition coefficient (Wildman–Crippen LogP) is 2.73. The fourth-order valence-corrected chi connectivity index (χ4v) is 3.59. The lowest BCUT2D eigenvalue weighted by Crippen LogP contribution is -2.38. The molecule has 1 heterocycles. The SMILES string of the molecule is CCN(CC)C(CNC(=O)c1ccc2c(c1)C(=O)N(C)C2=O)c1ccccc1. The van der Waals surface area contributed by atoms with E-state index < -0.39 is 0 Å². The molecule has 6 nitrogen and oxygen atoms in total. The highest BCUT2D eigenvalue weighted by Crippen LogP contribution is 2.23. The van der Waals surface area contributed by atoms with Crippen molar-refractivity contribution in [3.05, 3.63) is 70.8 Å². The van der Waals surface area contributed by atoms with Crippen LogP contribution >= 0.6 is 0 Å². The zero-order valence-electron chi connectivity index (χ0n) is 16.4. The molecule has 28 heavy (non-hydrogen) atoms. The number of amides is 3. The molecule has 2 aromatic carbocycles. The Morgan fingerprint density at radius 1 is 1.00 bits per heavy atom. The second kappa shape index (κ2) is 8.35. The molecule has 0 radical (unpaired) electrons. The number of rotatable bonds is 7. The van der Waals surface area contributed by atoms with E-state index in [1.54, 1.807) is 12.1 Å². The third kappa shape index (κ3) is 3.68. The number of benzene rings is 2. The summed E-state index contributed by atoms with van der Waals surface area (Å²) < 4.78 is 0. The van der Waals surface area contributed by atoms with Crippen LogP contribution in [-0.4, -0.2) is 54.2 Å². The largest absolute Gasteiger partial charge is 0.350 e. The van der Waals surface area contributed by atoms with Crippen molar-refractivity contribution in [1.82, 2.24) is 15.1 Å². The molecular formula is C22H25N3O3. The van der Waals surface area contributed by atoms with Crippen LogP contribution in [0.25, 0.3) is 0 Å². The van der Waals surface area contributed by atoms with Crippen LogP contribution in [0.1, 0.15) is 56.5 Å². The van der Waals surface area contributed by atoms with Crippen LogP contribution in [-0.2, 0) is 0 Å². The van der Waals surface area contributed by atoms with Crippen molar-refractivity contribution < 1.29 is 14.4 Å². The molecule has 1 N–H and O–H groups in total. The molecule has 0 fully saturated rings. The fraction of sp³-hybridized carbons (Fsp3) is 0.318. The van der Waals surface area contributed by atoms with Crippen molar-refractivity contribution in [3.8, 4) is 0 Å². The van der Waals surface area contributed by atoms with E-state index in [1.807, 2.05) is 18.2 Å². The lowest BCUT2D eigenvalue weighted by atomic mass is 10.0. The molecule has 0 saturated carbocycles. The highest BCUT2D eigenvalue weighted by molar-refractivity contribution is 6.21. The van der Waals surface area contributed by atoms with Crippen LogP contribution in [0.15, 0.2) is 48.5 Å². The van der Waals surface area contributed by atoms with Crippen molar-refractivity contribution in [2.24, 2.45) is 0 Å². The minimum Gasteiger partial charge on any atom is -0.350 e. The Labute approximate surface area is 165 Å². The van der Waals surface area contributed by atoms with Gasteiger partial charge in [-0.15, -0.1) is 0 Å². The standard InChI is InChI=1S/C22H25N3O3/c1-4-25(5-2)19(15-9-7-6-8-10-15)14-23-20(26)16-11-12-17-18(13-16)22(28)24(3)21(17)27/h6-13,19H,4-5,14H2,1-3H3,(H,23,26). The van der Waals surface area contributed by atoms with Crippen LogP contribution in [0.4, 0.5) is 0 Å². The summed E-state index contributed by atoms with van der Waals surface area (Å²) in [6.45, 7) is 6.39. The van der Waals surface area contributed by atoms with E-state index in [2.05, 4.69) is 36.2 Å². The van der Waals surface area contributed by atoms with Gasteiger partial charge in [0.25, 0.3) is 17.7 Å². The van der Waals surface area contributed by atoms with Crippen LogP contribution < -0.4 is 5.32 Å². The average Bonchev–Trinajstić information content (AvgIpc) is 2.95. The van der Waals surface area contributed by atoms with E-state index in [4.69, 9.17) is 0 Å². The molecule has 1 aliphatic heterocycles. The van der Waals surface area contributed by atoms with E-state index in [9.17, 15) is 14.4 Å². The van der Waals surface area contributed by atoms with Gasteiger partial charge in [0.2, 0.25) is 0 Å². The summed E-state index contributed by atoms with van der Waals surface area (Å²) in [6, 6.07) is 14.8. The van der Waals surface area contributed by atoms with E-state index >= 15 is 0 Å². The topological polar surface area (TPSA) is 69.7 Å². The Morgan fingerprint density at radius 2 is 1.64 bits per heavy atom. The molecule has 6 heteroatoms. The van der Waals surface area contributed by atoms with Crippen molar-refractivity contribution >= 4 is 17.7 Å². The Hall–Kier alpha value is -2.99. The second-order valence-corrected chi connectivity index (χ2v) is 6.79. The maximum absolute atomic E-state index is 12.7. The molecule has 0 bridgehead atoms. The predicted molar refractivity (Wildman–Crippen MR) is 107 cm³/mol. The maximum atomic E-state index is 12.7. The third-order valence-electron chi connectivity index (χ3n) is 5.25. The van der Waals surface area contributed by atoms with E-state index in [0.29, 0.717) is 17.7 Å². The minimum atomic E-state index is -0.375. The van der Waals surface area contributed by atoms with Crippen molar-refractivity contribution in [2.75, 3.05) is 26.7 Å². The summed E-state index contributed by atoms with van der Waals surface area (Å²) in [5.74, 6) is -0.969. The number of imide groups is 1. The summed E-state index contributed by atoms with van der Waals surface area (Å²) in [7, 11) is 1.44. The maximum Gasteiger partial charge on any atom is 0.261 e. The highest BCUT2D eigenvalue weighted by Gasteiger charge is 2.33. The van der Waals surface area contributed by atoms with Gasteiger partial charge in [0, 0.05) is 19.2 Å². The van der Waals surface area contributed by atoms with Gasteiger partial charge in [-0.2, -0.15) is 0 Å². The van der Waals surface area contributed by atoms with Crippen LogP contribution in [0.2, 0.25) is 0 Å².